The van der Waals surface area contributed by atoms with Gasteiger partial charge in [0, 0.05) is 32.7 Å². The number of hydrogen-bond acceptors (Lipinski definition) is 6. The molecule has 1 aliphatic rings. The van der Waals surface area contributed by atoms with Crippen molar-refractivity contribution in [2.24, 2.45) is 0 Å². The van der Waals surface area contributed by atoms with E-state index in [4.69, 9.17) is 14.0 Å². The molecule has 0 aliphatic carbocycles. The lowest BCUT2D eigenvalue weighted by Gasteiger charge is -2.32. The molecule has 0 spiro atoms. The highest BCUT2D eigenvalue weighted by Gasteiger charge is 2.24. The molecule has 2 aromatic rings. The fraction of sp³-hybridized carbons (Fsp3) is 0.500. The van der Waals surface area contributed by atoms with Crippen molar-refractivity contribution in [2.75, 3.05) is 32.1 Å². The van der Waals surface area contributed by atoms with Gasteiger partial charge < -0.3 is 24.2 Å². The predicted molar refractivity (Wildman–Crippen MR) is 94.6 cm³/mol. The molecule has 0 unspecified atom stereocenters. The maximum absolute atomic E-state index is 13.6. The van der Waals surface area contributed by atoms with Crippen molar-refractivity contribution in [1.29, 1.82) is 0 Å². The van der Waals surface area contributed by atoms with Gasteiger partial charge in [-0.2, -0.15) is 4.98 Å². The van der Waals surface area contributed by atoms with Gasteiger partial charge in [0.15, 0.2) is 5.82 Å². The molecule has 1 aromatic carbocycles. The van der Waals surface area contributed by atoms with Crippen LogP contribution in [0.15, 0.2) is 22.7 Å². The summed E-state index contributed by atoms with van der Waals surface area (Å²) in [4.78, 5) is 18.0. The average molecular weight is 396 g/mol. The highest BCUT2D eigenvalue weighted by molar-refractivity contribution is 5.89. The maximum atomic E-state index is 13.6. The Hall–Kier alpha value is -2.59. The van der Waals surface area contributed by atoms with Gasteiger partial charge in [-0.3, -0.25) is 0 Å². The number of likely N-dealkylation sites (tertiary alicyclic amines) is 1. The fourth-order valence-electron chi connectivity index (χ4n) is 2.90. The number of nitrogens with zero attached hydrogens (tertiary/aromatic N) is 3. The molecule has 1 aromatic heterocycles. The Bertz CT molecular complexity index is 794. The zero-order valence-electron chi connectivity index (χ0n) is 15.5. The van der Waals surface area contributed by atoms with E-state index in [9.17, 15) is 13.6 Å². The zero-order valence-corrected chi connectivity index (χ0v) is 15.5. The molecule has 1 aliphatic heterocycles. The Morgan fingerprint density at radius 3 is 2.89 bits per heavy atom. The van der Waals surface area contributed by atoms with E-state index < -0.39 is 17.7 Å². The summed E-state index contributed by atoms with van der Waals surface area (Å²) in [7, 11) is 1.55. The van der Waals surface area contributed by atoms with Gasteiger partial charge in [0.25, 0.3) is 5.89 Å². The Labute approximate surface area is 160 Å². The number of anilines is 1. The van der Waals surface area contributed by atoms with Crippen LogP contribution >= 0.6 is 0 Å². The van der Waals surface area contributed by atoms with Crippen LogP contribution in [0.25, 0.3) is 0 Å². The molecular formula is C18H22F2N4O4. The second kappa shape index (κ2) is 9.56. The van der Waals surface area contributed by atoms with Crippen molar-refractivity contribution in [3.8, 4) is 0 Å². The van der Waals surface area contributed by atoms with Crippen molar-refractivity contribution in [3.05, 3.63) is 41.5 Å². The summed E-state index contributed by atoms with van der Waals surface area (Å²) in [6, 6.07) is 2.48. The molecule has 2 amide bonds. The monoisotopic (exact) mass is 396 g/mol. The van der Waals surface area contributed by atoms with Gasteiger partial charge in [0.1, 0.15) is 18.2 Å². The fourth-order valence-corrected chi connectivity index (χ4v) is 2.90. The summed E-state index contributed by atoms with van der Waals surface area (Å²) in [5.41, 5.74) is -0.170. The number of aromatic nitrogens is 2. The molecule has 0 saturated carbocycles. The lowest BCUT2D eigenvalue weighted by Crippen LogP contribution is -2.43. The van der Waals surface area contributed by atoms with E-state index in [2.05, 4.69) is 15.5 Å². The second-order valence-electron chi connectivity index (χ2n) is 6.40. The van der Waals surface area contributed by atoms with Crippen molar-refractivity contribution in [3.63, 3.8) is 0 Å². The average Bonchev–Trinajstić information content (AvgIpc) is 3.13. The van der Waals surface area contributed by atoms with E-state index in [1.807, 2.05) is 0 Å². The Morgan fingerprint density at radius 2 is 2.14 bits per heavy atom. The quantitative estimate of drug-likeness (QED) is 0.774. The molecule has 0 radical (unpaired) electrons. The van der Waals surface area contributed by atoms with E-state index in [1.54, 1.807) is 12.0 Å². The van der Waals surface area contributed by atoms with Crippen LogP contribution in [0.3, 0.4) is 0 Å². The number of methoxy groups -OCH3 is 1. The third-order valence-electron chi connectivity index (χ3n) is 4.36. The molecule has 0 atom stereocenters. The molecule has 1 saturated heterocycles. The van der Waals surface area contributed by atoms with Crippen LogP contribution in [0.5, 0.6) is 0 Å². The lowest BCUT2D eigenvalue weighted by atomic mass is 10.1. The summed E-state index contributed by atoms with van der Waals surface area (Å²) >= 11 is 0. The van der Waals surface area contributed by atoms with E-state index in [-0.39, 0.29) is 18.4 Å². The van der Waals surface area contributed by atoms with Crippen molar-refractivity contribution in [2.45, 2.75) is 32.0 Å². The van der Waals surface area contributed by atoms with Crippen LogP contribution in [-0.2, 0) is 22.5 Å². The second-order valence-corrected chi connectivity index (χ2v) is 6.40. The molecule has 10 heteroatoms. The first-order chi connectivity index (χ1) is 13.5. The molecule has 2 heterocycles. The SMILES string of the molecule is COCc1nc(CCOC2CCN(C(=O)Nc3cc(F)ccc3F)CC2)no1. The van der Waals surface area contributed by atoms with Crippen LogP contribution in [0.4, 0.5) is 19.3 Å². The van der Waals surface area contributed by atoms with Crippen molar-refractivity contribution < 1.29 is 27.6 Å². The third kappa shape index (κ3) is 5.46. The Morgan fingerprint density at radius 1 is 1.36 bits per heavy atom. The number of nitrogens with one attached hydrogen (secondary N) is 1. The highest BCUT2D eigenvalue weighted by atomic mass is 19.1. The number of amides is 2. The summed E-state index contributed by atoms with van der Waals surface area (Å²) in [5.74, 6) is -0.310. The molecule has 1 fully saturated rings. The predicted octanol–water partition coefficient (Wildman–Crippen LogP) is 2.75. The van der Waals surface area contributed by atoms with Crippen LogP contribution in [0.2, 0.25) is 0 Å². The van der Waals surface area contributed by atoms with Gasteiger partial charge in [-0.25, -0.2) is 13.6 Å². The number of ether oxygens (including phenoxy) is 2. The van der Waals surface area contributed by atoms with Crippen LogP contribution in [0.1, 0.15) is 24.6 Å². The van der Waals surface area contributed by atoms with Gasteiger partial charge in [-0.05, 0) is 25.0 Å². The molecule has 8 nitrogen and oxygen atoms in total. The number of carbonyl (C=O) groups is 1. The van der Waals surface area contributed by atoms with Crippen LogP contribution in [0, 0.1) is 11.6 Å². The van der Waals surface area contributed by atoms with Gasteiger partial charge in [0.2, 0.25) is 0 Å². The van der Waals surface area contributed by atoms with Crippen LogP contribution < -0.4 is 5.32 Å². The Balaban J connectivity index is 1.39. The van der Waals surface area contributed by atoms with Crippen LogP contribution in [-0.4, -0.2) is 54.0 Å². The molecule has 152 valence electrons. The van der Waals surface area contributed by atoms with Crippen molar-refractivity contribution in [1.82, 2.24) is 15.0 Å². The molecule has 1 N–H and O–H groups in total. The number of urea groups is 1. The number of halogens is 2. The lowest BCUT2D eigenvalue weighted by molar-refractivity contribution is 0.0168. The number of carbonyl (C=O) groups excluding carboxylic acids is 1. The molecule has 28 heavy (non-hydrogen) atoms. The summed E-state index contributed by atoms with van der Waals surface area (Å²) < 4.78 is 42.6. The number of benzene rings is 1. The molecule has 3 rings (SSSR count). The largest absolute Gasteiger partial charge is 0.378 e. The van der Waals surface area contributed by atoms with Gasteiger partial charge >= 0.3 is 6.03 Å². The summed E-state index contributed by atoms with van der Waals surface area (Å²) in [5, 5.41) is 6.25. The molecular weight excluding hydrogens is 374 g/mol. The minimum Gasteiger partial charge on any atom is -0.378 e. The van der Waals surface area contributed by atoms with Gasteiger partial charge in [-0.15, -0.1) is 0 Å². The first-order valence-corrected chi connectivity index (χ1v) is 8.98. The normalized spacial score (nSPS) is 15.0. The first-order valence-electron chi connectivity index (χ1n) is 8.98. The third-order valence-corrected chi connectivity index (χ3v) is 4.36. The van der Waals surface area contributed by atoms with E-state index >= 15 is 0 Å². The standard InChI is InChI=1S/C18H22F2N4O4/c1-26-11-17-22-16(23-28-17)6-9-27-13-4-7-24(8-5-13)18(25)21-15-10-12(19)2-3-14(15)20/h2-3,10,13H,4-9,11H2,1H3,(H,21,25). The Kier molecular flexibility index (Phi) is 6.88. The van der Waals surface area contributed by atoms with Gasteiger partial charge in [0.05, 0.1) is 18.4 Å². The van der Waals surface area contributed by atoms with Crippen molar-refractivity contribution >= 4 is 11.7 Å². The van der Waals surface area contributed by atoms with E-state index in [1.165, 1.54) is 0 Å². The summed E-state index contributed by atoms with van der Waals surface area (Å²) in [6.45, 7) is 1.65. The first kappa shape index (κ1) is 20.2. The van der Waals surface area contributed by atoms with E-state index in [0.29, 0.717) is 50.7 Å². The maximum Gasteiger partial charge on any atom is 0.321 e. The van der Waals surface area contributed by atoms with Gasteiger partial charge in [-0.1, -0.05) is 5.16 Å². The number of piperidine rings is 1. The van der Waals surface area contributed by atoms with E-state index in [0.717, 1.165) is 18.2 Å². The highest BCUT2D eigenvalue weighted by Crippen LogP contribution is 2.18. The number of hydrogen-bond donors (Lipinski definition) is 1. The molecule has 0 bridgehead atoms. The minimum absolute atomic E-state index is 0.0142. The smallest absolute Gasteiger partial charge is 0.321 e. The number of rotatable bonds is 7. The summed E-state index contributed by atoms with van der Waals surface area (Å²) in [6.07, 6.45) is 1.84. The topological polar surface area (TPSA) is 89.7 Å². The zero-order chi connectivity index (χ0) is 19.9. The minimum atomic E-state index is -0.678.